The fraction of sp³-hybridized carbons (Fsp3) is 0.800. The minimum atomic E-state index is -2.18. The maximum atomic E-state index is 6.21. The van der Waals surface area contributed by atoms with E-state index in [1.54, 1.807) is 7.11 Å². The van der Waals surface area contributed by atoms with Crippen molar-refractivity contribution in [2.24, 2.45) is 0 Å². The summed E-state index contributed by atoms with van der Waals surface area (Å²) in [6.07, 6.45) is 0. The van der Waals surface area contributed by atoms with Crippen LogP contribution in [0, 0.1) is 0 Å². The second-order valence-corrected chi connectivity index (χ2v) is 19.1. The van der Waals surface area contributed by atoms with Gasteiger partial charge in [0.2, 0.25) is 0 Å². The first-order chi connectivity index (χ1) is 7.93. The van der Waals surface area contributed by atoms with E-state index >= 15 is 0 Å². The Morgan fingerprint density at radius 1 is 0.944 bits per heavy atom. The van der Waals surface area contributed by atoms with Crippen LogP contribution in [0.4, 0.5) is 0 Å². The molecule has 8 heteroatoms. The van der Waals surface area contributed by atoms with Crippen LogP contribution in [0.25, 0.3) is 0 Å². The Bertz CT molecular complexity index is 281. The number of hydrogen-bond acceptors (Lipinski definition) is 4. The summed E-state index contributed by atoms with van der Waals surface area (Å²) in [4.78, 5) is 0. The van der Waals surface area contributed by atoms with Crippen molar-refractivity contribution >= 4 is 34.7 Å². The third kappa shape index (κ3) is 7.79. The molecular formula is C10H28O4Si4. The Kier molecular flexibility index (Phi) is 6.92. The van der Waals surface area contributed by atoms with Gasteiger partial charge in [-0.2, -0.15) is 0 Å². The summed E-state index contributed by atoms with van der Waals surface area (Å²) in [5.74, 6) is 0. The van der Waals surface area contributed by atoms with E-state index in [4.69, 9.17) is 16.8 Å². The second-order valence-electron chi connectivity index (χ2n) is 5.73. The average molecular weight is 325 g/mol. The Morgan fingerprint density at radius 2 is 1.44 bits per heavy atom. The summed E-state index contributed by atoms with van der Waals surface area (Å²) in [7, 11) is -6.04. The molecule has 0 heterocycles. The lowest BCUT2D eigenvalue weighted by molar-refractivity contribution is 0.285. The van der Waals surface area contributed by atoms with Crippen molar-refractivity contribution in [1.29, 1.82) is 0 Å². The van der Waals surface area contributed by atoms with Gasteiger partial charge in [-0.3, -0.25) is 0 Å². The highest BCUT2D eigenvalue weighted by atomic mass is 28.5. The van der Waals surface area contributed by atoms with Crippen LogP contribution >= 0.6 is 0 Å². The van der Waals surface area contributed by atoms with Crippen LogP contribution in [0.2, 0.25) is 45.8 Å². The predicted molar refractivity (Wildman–Crippen MR) is 85.9 cm³/mol. The van der Waals surface area contributed by atoms with Crippen LogP contribution in [0.5, 0.6) is 0 Å². The smallest absolute Gasteiger partial charge is 0.313 e. The molecule has 0 aliphatic rings. The lowest BCUT2D eigenvalue weighted by Gasteiger charge is -2.37. The molecule has 0 aliphatic carbocycles. The van der Waals surface area contributed by atoms with E-state index in [1.807, 2.05) is 12.2 Å². The monoisotopic (exact) mass is 324 g/mol. The minimum absolute atomic E-state index is 1.56. The molecule has 0 saturated heterocycles. The van der Waals surface area contributed by atoms with Crippen molar-refractivity contribution in [3.05, 3.63) is 12.3 Å². The maximum Gasteiger partial charge on any atom is 0.313 e. The molecule has 0 N–H and O–H groups in total. The Hall–Kier alpha value is 0.448. The molecule has 0 amide bonds. The standard InChI is InChI=1S/C10H28O4Si4/c1-10-16(4,5)13-18(8,9)14-17(6,7)12-15(3)11-2/h10,15H,1H2,2-9H3. The maximum absolute atomic E-state index is 6.21. The van der Waals surface area contributed by atoms with Crippen LogP contribution in [0.1, 0.15) is 0 Å². The molecule has 1 unspecified atom stereocenters. The van der Waals surface area contributed by atoms with Gasteiger partial charge in [0.05, 0.1) is 0 Å². The Balaban J connectivity index is 4.60. The molecule has 0 radical (unpaired) electrons. The number of hydrogen-bond donors (Lipinski definition) is 0. The van der Waals surface area contributed by atoms with Gasteiger partial charge in [0, 0.05) is 7.11 Å². The molecular weight excluding hydrogens is 296 g/mol. The summed E-state index contributed by atoms with van der Waals surface area (Å²) >= 11 is 0. The second kappa shape index (κ2) is 6.75. The Morgan fingerprint density at radius 3 is 1.83 bits per heavy atom. The van der Waals surface area contributed by atoms with E-state index in [-0.39, 0.29) is 0 Å². The fourth-order valence-electron chi connectivity index (χ4n) is 1.76. The summed E-state index contributed by atoms with van der Waals surface area (Å²) in [6.45, 7) is 18.4. The molecule has 0 fully saturated rings. The van der Waals surface area contributed by atoms with Crippen LogP contribution < -0.4 is 0 Å². The predicted octanol–water partition coefficient (Wildman–Crippen LogP) is 2.87. The van der Waals surface area contributed by atoms with Gasteiger partial charge >= 0.3 is 26.4 Å². The molecule has 4 nitrogen and oxygen atoms in total. The first-order valence-corrected chi connectivity index (χ1v) is 16.9. The average Bonchev–Trinajstić information content (AvgIpc) is 2.13. The molecule has 0 aromatic rings. The third-order valence-corrected chi connectivity index (χ3v) is 15.5. The van der Waals surface area contributed by atoms with Crippen molar-refractivity contribution in [3.8, 4) is 0 Å². The minimum Gasteiger partial charge on any atom is -0.433 e. The van der Waals surface area contributed by atoms with Crippen LogP contribution in [-0.4, -0.2) is 41.8 Å². The Labute approximate surface area is 117 Å². The summed E-state index contributed by atoms with van der Waals surface area (Å²) in [6, 6.07) is 0. The highest BCUT2D eigenvalue weighted by Crippen LogP contribution is 2.21. The molecule has 18 heavy (non-hydrogen) atoms. The van der Waals surface area contributed by atoms with Crippen molar-refractivity contribution < 1.29 is 16.8 Å². The van der Waals surface area contributed by atoms with E-state index in [9.17, 15) is 0 Å². The van der Waals surface area contributed by atoms with Gasteiger partial charge in [-0.1, -0.05) is 5.70 Å². The lowest BCUT2D eigenvalue weighted by atomic mass is 11.3. The van der Waals surface area contributed by atoms with Gasteiger partial charge in [0.25, 0.3) is 0 Å². The summed E-state index contributed by atoms with van der Waals surface area (Å²) in [5.41, 5.74) is 1.94. The van der Waals surface area contributed by atoms with E-state index in [2.05, 4.69) is 45.9 Å². The van der Waals surface area contributed by atoms with Crippen molar-refractivity contribution in [2.75, 3.05) is 7.11 Å². The van der Waals surface area contributed by atoms with Crippen LogP contribution in [0.15, 0.2) is 12.3 Å². The van der Waals surface area contributed by atoms with Crippen LogP contribution in [0.3, 0.4) is 0 Å². The first-order valence-electron chi connectivity index (χ1n) is 6.17. The van der Waals surface area contributed by atoms with Crippen molar-refractivity contribution in [1.82, 2.24) is 0 Å². The van der Waals surface area contributed by atoms with E-state index in [0.29, 0.717) is 0 Å². The highest BCUT2D eigenvalue weighted by molar-refractivity contribution is 6.89. The van der Waals surface area contributed by atoms with Gasteiger partial charge in [-0.15, -0.1) is 6.58 Å². The zero-order valence-electron chi connectivity index (χ0n) is 13.0. The lowest BCUT2D eigenvalue weighted by Crippen LogP contribution is -2.54. The van der Waals surface area contributed by atoms with Gasteiger partial charge in [-0.25, -0.2) is 0 Å². The molecule has 108 valence electrons. The molecule has 0 saturated carbocycles. The van der Waals surface area contributed by atoms with Crippen molar-refractivity contribution in [3.63, 3.8) is 0 Å². The summed E-state index contributed by atoms with van der Waals surface area (Å²) < 4.78 is 23.6. The fourth-order valence-corrected chi connectivity index (χ4v) is 16.6. The van der Waals surface area contributed by atoms with Gasteiger partial charge in [0.1, 0.15) is 0 Å². The molecule has 0 rings (SSSR count). The van der Waals surface area contributed by atoms with E-state index in [1.165, 1.54) is 0 Å². The normalized spacial score (nSPS) is 15.6. The molecule has 0 aromatic heterocycles. The molecule has 0 spiro atoms. The first kappa shape index (κ1) is 18.4. The molecule has 0 aromatic carbocycles. The number of rotatable bonds is 8. The molecule has 0 bridgehead atoms. The van der Waals surface area contributed by atoms with E-state index in [0.717, 1.165) is 0 Å². The molecule has 1 atom stereocenters. The molecule has 0 aliphatic heterocycles. The van der Waals surface area contributed by atoms with E-state index < -0.39 is 34.7 Å². The van der Waals surface area contributed by atoms with Gasteiger partial charge < -0.3 is 16.8 Å². The van der Waals surface area contributed by atoms with Gasteiger partial charge in [0.15, 0.2) is 8.32 Å². The summed E-state index contributed by atoms with van der Waals surface area (Å²) in [5, 5.41) is 0. The zero-order valence-corrected chi connectivity index (χ0v) is 17.1. The SMILES string of the molecule is C=C[Si](C)(C)O[Si](C)(C)O[Si](C)(C)O[SiH](C)OC. The highest BCUT2D eigenvalue weighted by Gasteiger charge is 2.40. The van der Waals surface area contributed by atoms with Crippen molar-refractivity contribution in [2.45, 2.75) is 45.8 Å². The largest absolute Gasteiger partial charge is 0.433 e. The van der Waals surface area contributed by atoms with Gasteiger partial charge in [-0.05, 0) is 45.8 Å². The topological polar surface area (TPSA) is 36.9 Å². The quantitative estimate of drug-likeness (QED) is 0.643. The third-order valence-electron chi connectivity index (χ3n) is 2.27. The zero-order chi connectivity index (χ0) is 14.6. The van der Waals surface area contributed by atoms with Crippen LogP contribution in [-0.2, 0) is 16.8 Å².